The fourth-order valence-electron chi connectivity index (χ4n) is 2.31. The van der Waals surface area contributed by atoms with Gasteiger partial charge in [-0.05, 0) is 30.0 Å². The van der Waals surface area contributed by atoms with Gasteiger partial charge in [-0.2, -0.15) is 0 Å². The molecule has 21 heavy (non-hydrogen) atoms. The second-order valence-electron chi connectivity index (χ2n) is 4.93. The van der Waals surface area contributed by atoms with Crippen molar-refractivity contribution >= 4 is 28.3 Å². The van der Waals surface area contributed by atoms with Crippen molar-refractivity contribution in [3.8, 4) is 0 Å². The molecule has 1 aromatic carbocycles. The second-order valence-corrected chi connectivity index (χ2v) is 5.96. The number of amides is 1. The van der Waals surface area contributed by atoms with Crippen molar-refractivity contribution < 1.29 is 4.79 Å². The van der Waals surface area contributed by atoms with E-state index < -0.39 is 0 Å². The Hall–Kier alpha value is -2.14. The van der Waals surface area contributed by atoms with Gasteiger partial charge in [-0.1, -0.05) is 18.2 Å². The van der Waals surface area contributed by atoms with E-state index in [0.29, 0.717) is 13.0 Å². The highest BCUT2D eigenvalue weighted by Crippen LogP contribution is 2.14. The van der Waals surface area contributed by atoms with Crippen LogP contribution < -0.4 is 5.32 Å². The quantitative estimate of drug-likeness (QED) is 0.787. The van der Waals surface area contributed by atoms with E-state index in [2.05, 4.69) is 16.4 Å². The van der Waals surface area contributed by atoms with Crippen LogP contribution in [0, 0.1) is 0 Å². The fourth-order valence-corrected chi connectivity index (χ4v) is 3.02. The van der Waals surface area contributed by atoms with E-state index >= 15 is 0 Å². The minimum absolute atomic E-state index is 0.0652. The van der Waals surface area contributed by atoms with Gasteiger partial charge in [-0.15, -0.1) is 11.3 Å². The van der Waals surface area contributed by atoms with Crippen molar-refractivity contribution in [2.75, 3.05) is 0 Å². The van der Waals surface area contributed by atoms with Crippen molar-refractivity contribution in [1.29, 1.82) is 0 Å². The molecule has 0 bridgehead atoms. The molecule has 0 unspecified atom stereocenters. The molecular weight excluding hydrogens is 282 g/mol. The normalized spacial score (nSPS) is 10.9. The Labute approximate surface area is 127 Å². The van der Waals surface area contributed by atoms with Crippen LogP contribution in [0.1, 0.15) is 17.1 Å². The van der Waals surface area contributed by atoms with E-state index in [1.807, 2.05) is 47.3 Å². The van der Waals surface area contributed by atoms with E-state index in [-0.39, 0.29) is 5.91 Å². The Balaban J connectivity index is 1.58. The summed E-state index contributed by atoms with van der Waals surface area (Å²) in [6, 6.07) is 12.1. The van der Waals surface area contributed by atoms with Gasteiger partial charge in [0.15, 0.2) is 0 Å². The zero-order valence-electron chi connectivity index (χ0n) is 11.9. The van der Waals surface area contributed by atoms with Gasteiger partial charge in [0.05, 0.1) is 17.6 Å². The first kappa shape index (κ1) is 13.8. The summed E-state index contributed by atoms with van der Waals surface area (Å²) < 4.78 is 2.02. The van der Waals surface area contributed by atoms with Crippen LogP contribution >= 0.6 is 11.3 Å². The summed E-state index contributed by atoms with van der Waals surface area (Å²) in [6.07, 6.45) is 1.32. The number of fused-ring (bicyclic) bond motifs is 1. The van der Waals surface area contributed by atoms with Crippen LogP contribution in [0.5, 0.6) is 0 Å². The number of benzene rings is 1. The highest BCUT2D eigenvalue weighted by atomic mass is 32.1. The fraction of sp³-hybridized carbons (Fsp3) is 0.250. The molecule has 0 aliphatic rings. The first-order chi connectivity index (χ1) is 10.2. The third-order valence-corrected chi connectivity index (χ3v) is 4.44. The Morgan fingerprint density at radius 2 is 2.14 bits per heavy atom. The number of hydrogen-bond donors (Lipinski definition) is 1. The van der Waals surface area contributed by atoms with E-state index in [9.17, 15) is 4.79 Å². The van der Waals surface area contributed by atoms with Crippen molar-refractivity contribution in [3.63, 3.8) is 0 Å². The third-order valence-electron chi connectivity index (χ3n) is 3.50. The van der Waals surface area contributed by atoms with Gasteiger partial charge in [0.1, 0.15) is 5.82 Å². The minimum Gasteiger partial charge on any atom is -0.349 e. The number of imidazole rings is 1. The number of nitrogens with one attached hydrogen (secondary N) is 1. The predicted molar refractivity (Wildman–Crippen MR) is 85.2 cm³/mol. The van der Waals surface area contributed by atoms with Crippen LogP contribution in [0.4, 0.5) is 0 Å². The molecule has 2 heterocycles. The monoisotopic (exact) mass is 299 g/mol. The maximum Gasteiger partial charge on any atom is 0.220 e. The Bertz CT molecular complexity index is 746. The summed E-state index contributed by atoms with van der Waals surface area (Å²) in [6.45, 7) is 0.467. The number of nitrogens with zero attached hydrogens (tertiary/aromatic N) is 2. The summed E-state index contributed by atoms with van der Waals surface area (Å²) in [5.74, 6) is 0.941. The van der Waals surface area contributed by atoms with Crippen LogP contribution in [-0.4, -0.2) is 15.5 Å². The number of aromatic nitrogens is 2. The molecule has 1 N–H and O–H groups in total. The molecule has 4 nitrogen and oxygen atoms in total. The number of rotatable bonds is 5. The molecule has 0 fully saturated rings. The lowest BCUT2D eigenvalue weighted by atomic mass is 10.2. The summed E-state index contributed by atoms with van der Waals surface area (Å²) >= 11 is 1.69. The average molecular weight is 299 g/mol. The number of thiophene rings is 1. The molecule has 5 heteroatoms. The van der Waals surface area contributed by atoms with Crippen molar-refractivity contribution in [3.05, 3.63) is 52.5 Å². The molecule has 0 radical (unpaired) electrons. The highest BCUT2D eigenvalue weighted by Gasteiger charge is 2.08. The Morgan fingerprint density at radius 3 is 2.90 bits per heavy atom. The molecule has 0 saturated heterocycles. The van der Waals surface area contributed by atoms with Gasteiger partial charge in [-0.25, -0.2) is 4.98 Å². The lowest BCUT2D eigenvalue weighted by molar-refractivity contribution is -0.121. The Kier molecular flexibility index (Phi) is 4.01. The number of carbonyl (C=O) groups is 1. The lowest BCUT2D eigenvalue weighted by Crippen LogP contribution is -2.24. The van der Waals surface area contributed by atoms with E-state index in [1.165, 1.54) is 4.88 Å². The third kappa shape index (κ3) is 3.13. The minimum atomic E-state index is 0.0652. The van der Waals surface area contributed by atoms with Crippen LogP contribution in [0.2, 0.25) is 0 Å². The molecule has 2 aromatic heterocycles. The van der Waals surface area contributed by atoms with Crippen molar-refractivity contribution in [1.82, 2.24) is 14.9 Å². The largest absolute Gasteiger partial charge is 0.349 e. The van der Waals surface area contributed by atoms with Crippen LogP contribution in [0.15, 0.2) is 41.8 Å². The molecule has 0 atom stereocenters. The second kappa shape index (κ2) is 6.10. The smallest absolute Gasteiger partial charge is 0.220 e. The molecule has 0 saturated carbocycles. The molecule has 3 aromatic rings. The van der Waals surface area contributed by atoms with Gasteiger partial charge < -0.3 is 9.88 Å². The van der Waals surface area contributed by atoms with Gasteiger partial charge in [-0.3, -0.25) is 4.79 Å². The number of carbonyl (C=O) groups excluding carboxylic acids is 1. The molecule has 0 aliphatic carbocycles. The zero-order chi connectivity index (χ0) is 14.7. The first-order valence-electron chi connectivity index (χ1n) is 6.93. The summed E-state index contributed by atoms with van der Waals surface area (Å²) in [4.78, 5) is 17.7. The van der Waals surface area contributed by atoms with Gasteiger partial charge in [0, 0.05) is 18.3 Å². The maximum absolute atomic E-state index is 11.9. The molecule has 0 aliphatic heterocycles. The average Bonchev–Trinajstić information content (AvgIpc) is 3.12. The van der Waals surface area contributed by atoms with Gasteiger partial charge in [0.2, 0.25) is 5.91 Å². The first-order valence-corrected chi connectivity index (χ1v) is 7.81. The van der Waals surface area contributed by atoms with Crippen molar-refractivity contribution in [2.45, 2.75) is 19.4 Å². The summed E-state index contributed by atoms with van der Waals surface area (Å²) in [7, 11) is 1.97. The summed E-state index contributed by atoms with van der Waals surface area (Å²) in [5.41, 5.74) is 2.04. The molecular formula is C16H17N3OS. The van der Waals surface area contributed by atoms with Gasteiger partial charge >= 0.3 is 0 Å². The standard InChI is InChI=1S/C16H17N3OS/c1-19-14-7-3-2-6-13(14)18-15(19)11-17-16(20)9-8-12-5-4-10-21-12/h2-7,10H,8-9,11H2,1H3,(H,17,20). The molecule has 1 amide bonds. The molecule has 108 valence electrons. The van der Waals surface area contributed by atoms with Gasteiger partial charge in [0.25, 0.3) is 0 Å². The predicted octanol–water partition coefficient (Wildman–Crippen LogP) is 2.88. The highest BCUT2D eigenvalue weighted by molar-refractivity contribution is 7.09. The Morgan fingerprint density at radius 1 is 1.29 bits per heavy atom. The van der Waals surface area contributed by atoms with Crippen molar-refractivity contribution in [2.24, 2.45) is 7.05 Å². The lowest BCUT2D eigenvalue weighted by Gasteiger charge is -2.05. The summed E-state index contributed by atoms with van der Waals surface area (Å²) in [5, 5.41) is 4.98. The number of hydrogen-bond acceptors (Lipinski definition) is 3. The number of para-hydroxylation sites is 2. The zero-order valence-corrected chi connectivity index (χ0v) is 12.7. The SMILES string of the molecule is Cn1c(CNC(=O)CCc2cccs2)nc2ccccc21. The van der Waals surface area contributed by atoms with E-state index in [0.717, 1.165) is 23.3 Å². The van der Waals surface area contributed by atoms with Crippen LogP contribution in [0.25, 0.3) is 11.0 Å². The maximum atomic E-state index is 11.9. The number of aryl methyl sites for hydroxylation is 2. The van der Waals surface area contributed by atoms with E-state index in [1.54, 1.807) is 11.3 Å². The van der Waals surface area contributed by atoms with E-state index in [4.69, 9.17) is 0 Å². The van der Waals surface area contributed by atoms with Crippen LogP contribution in [-0.2, 0) is 24.8 Å². The molecule has 3 rings (SSSR count). The topological polar surface area (TPSA) is 46.9 Å². The molecule has 0 spiro atoms. The van der Waals surface area contributed by atoms with Crippen LogP contribution in [0.3, 0.4) is 0 Å².